The van der Waals surface area contributed by atoms with Gasteiger partial charge in [-0.15, -0.1) is 6.42 Å². The Morgan fingerprint density at radius 2 is 1.94 bits per heavy atom. The molecular formula is C14H19NO. The van der Waals surface area contributed by atoms with Gasteiger partial charge in [-0.2, -0.15) is 0 Å². The molecule has 2 atom stereocenters. The molecule has 0 aromatic heterocycles. The van der Waals surface area contributed by atoms with E-state index in [0.717, 1.165) is 5.75 Å². The number of benzene rings is 1. The van der Waals surface area contributed by atoms with E-state index in [0.29, 0.717) is 6.61 Å². The first kappa shape index (κ1) is 12.6. The summed E-state index contributed by atoms with van der Waals surface area (Å²) in [7, 11) is 0. The van der Waals surface area contributed by atoms with Crippen molar-refractivity contribution in [3.8, 4) is 18.1 Å². The van der Waals surface area contributed by atoms with Crippen LogP contribution in [0.25, 0.3) is 0 Å². The lowest BCUT2D eigenvalue weighted by Gasteiger charge is -2.16. The highest BCUT2D eigenvalue weighted by atomic mass is 16.5. The lowest BCUT2D eigenvalue weighted by Crippen LogP contribution is -2.37. The van der Waals surface area contributed by atoms with E-state index in [2.05, 4.69) is 25.1 Å². The molecule has 0 amide bonds. The van der Waals surface area contributed by atoms with Gasteiger partial charge in [0.05, 0.1) is 6.04 Å². The van der Waals surface area contributed by atoms with Crippen LogP contribution < -0.4 is 10.1 Å². The third-order valence-electron chi connectivity index (χ3n) is 2.31. The molecule has 0 heterocycles. The maximum Gasteiger partial charge on any atom is 0.119 e. The van der Waals surface area contributed by atoms with Gasteiger partial charge in [0, 0.05) is 6.04 Å². The highest BCUT2D eigenvalue weighted by molar-refractivity contribution is 5.26. The summed E-state index contributed by atoms with van der Waals surface area (Å²) in [5, 5.41) is 3.25. The Morgan fingerprint density at radius 3 is 2.50 bits per heavy atom. The molecule has 0 bridgehead atoms. The Morgan fingerprint density at radius 1 is 1.31 bits per heavy atom. The van der Waals surface area contributed by atoms with E-state index in [1.807, 2.05) is 31.2 Å². The molecule has 1 aromatic carbocycles. The second-order valence-corrected chi connectivity index (χ2v) is 4.08. The van der Waals surface area contributed by atoms with Gasteiger partial charge in [0.1, 0.15) is 12.4 Å². The molecule has 0 saturated carbocycles. The van der Waals surface area contributed by atoms with Crippen LogP contribution in [0.3, 0.4) is 0 Å². The van der Waals surface area contributed by atoms with Crippen molar-refractivity contribution in [2.24, 2.45) is 0 Å². The van der Waals surface area contributed by atoms with Gasteiger partial charge in [-0.1, -0.05) is 23.6 Å². The molecule has 1 N–H and O–H groups in total. The SMILES string of the molecule is C#CC(C)NC(C)COc1ccc(C)cc1. The van der Waals surface area contributed by atoms with Gasteiger partial charge >= 0.3 is 0 Å². The lowest BCUT2D eigenvalue weighted by molar-refractivity contribution is 0.270. The number of nitrogens with one attached hydrogen (secondary N) is 1. The number of hydrogen-bond donors (Lipinski definition) is 1. The summed E-state index contributed by atoms with van der Waals surface area (Å²) in [6.07, 6.45) is 5.29. The molecule has 0 saturated heterocycles. The summed E-state index contributed by atoms with van der Waals surface area (Å²) in [4.78, 5) is 0. The van der Waals surface area contributed by atoms with Crippen LogP contribution in [0.4, 0.5) is 0 Å². The van der Waals surface area contributed by atoms with Gasteiger partial charge in [-0.05, 0) is 32.9 Å². The summed E-state index contributed by atoms with van der Waals surface area (Å²) in [5.41, 5.74) is 1.24. The number of terminal acetylenes is 1. The van der Waals surface area contributed by atoms with Gasteiger partial charge in [-0.25, -0.2) is 0 Å². The highest BCUT2D eigenvalue weighted by Gasteiger charge is 2.05. The number of hydrogen-bond acceptors (Lipinski definition) is 2. The van der Waals surface area contributed by atoms with Crippen molar-refractivity contribution in [2.75, 3.05) is 6.61 Å². The fourth-order valence-electron chi connectivity index (χ4n) is 1.38. The average molecular weight is 217 g/mol. The normalized spacial score (nSPS) is 13.9. The van der Waals surface area contributed by atoms with Crippen molar-refractivity contribution in [3.63, 3.8) is 0 Å². The topological polar surface area (TPSA) is 21.3 Å². The molecule has 0 spiro atoms. The van der Waals surface area contributed by atoms with Gasteiger partial charge < -0.3 is 4.74 Å². The fraction of sp³-hybridized carbons (Fsp3) is 0.429. The Labute approximate surface area is 98.0 Å². The van der Waals surface area contributed by atoms with Gasteiger partial charge in [0.2, 0.25) is 0 Å². The van der Waals surface area contributed by atoms with Crippen molar-refractivity contribution in [3.05, 3.63) is 29.8 Å². The maximum absolute atomic E-state index is 5.64. The Hall–Kier alpha value is -1.46. The van der Waals surface area contributed by atoms with Crippen LogP contribution >= 0.6 is 0 Å². The quantitative estimate of drug-likeness (QED) is 0.765. The summed E-state index contributed by atoms with van der Waals surface area (Å²) < 4.78 is 5.64. The van der Waals surface area contributed by atoms with Crippen LogP contribution in [-0.4, -0.2) is 18.7 Å². The fourth-order valence-corrected chi connectivity index (χ4v) is 1.38. The third-order valence-corrected chi connectivity index (χ3v) is 2.31. The molecule has 2 nitrogen and oxygen atoms in total. The standard InChI is InChI=1S/C14H19NO/c1-5-12(3)15-13(4)10-16-14-8-6-11(2)7-9-14/h1,6-9,12-13,15H,10H2,2-4H3. The zero-order valence-electron chi connectivity index (χ0n) is 10.2. The molecule has 0 radical (unpaired) electrons. The first-order valence-corrected chi connectivity index (χ1v) is 5.53. The summed E-state index contributed by atoms with van der Waals surface area (Å²) in [6.45, 7) is 6.70. The number of rotatable bonds is 5. The predicted molar refractivity (Wildman–Crippen MR) is 67.6 cm³/mol. The minimum absolute atomic E-state index is 0.0802. The smallest absolute Gasteiger partial charge is 0.119 e. The minimum Gasteiger partial charge on any atom is -0.492 e. The van der Waals surface area contributed by atoms with E-state index in [4.69, 9.17) is 11.2 Å². The molecule has 0 aliphatic carbocycles. The largest absolute Gasteiger partial charge is 0.492 e. The van der Waals surface area contributed by atoms with E-state index in [9.17, 15) is 0 Å². The van der Waals surface area contributed by atoms with Crippen LogP contribution in [0.15, 0.2) is 24.3 Å². The monoisotopic (exact) mass is 217 g/mol. The molecule has 0 aliphatic heterocycles. The Kier molecular flexibility index (Phi) is 4.88. The molecule has 0 aliphatic rings. The number of aryl methyl sites for hydroxylation is 1. The lowest BCUT2D eigenvalue weighted by atomic mass is 10.2. The first-order chi connectivity index (χ1) is 7.61. The van der Waals surface area contributed by atoms with E-state index in [1.54, 1.807) is 0 Å². The second kappa shape index (κ2) is 6.19. The maximum atomic E-state index is 5.64. The number of ether oxygens (including phenoxy) is 1. The molecule has 0 fully saturated rings. The van der Waals surface area contributed by atoms with Crippen molar-refractivity contribution >= 4 is 0 Å². The van der Waals surface area contributed by atoms with Crippen molar-refractivity contribution in [2.45, 2.75) is 32.9 Å². The molecule has 1 rings (SSSR count). The van der Waals surface area contributed by atoms with Gasteiger partial charge in [0.25, 0.3) is 0 Å². The van der Waals surface area contributed by atoms with Crippen molar-refractivity contribution in [1.29, 1.82) is 0 Å². The van der Waals surface area contributed by atoms with Crippen LogP contribution in [0.5, 0.6) is 5.75 Å². The molecular weight excluding hydrogens is 198 g/mol. The molecule has 1 aromatic rings. The van der Waals surface area contributed by atoms with Crippen LogP contribution in [-0.2, 0) is 0 Å². The van der Waals surface area contributed by atoms with Crippen molar-refractivity contribution in [1.82, 2.24) is 5.32 Å². The Balaban J connectivity index is 2.34. The predicted octanol–water partition coefficient (Wildman–Crippen LogP) is 2.37. The van der Waals surface area contributed by atoms with E-state index < -0.39 is 0 Å². The molecule has 86 valence electrons. The zero-order valence-corrected chi connectivity index (χ0v) is 10.2. The van der Waals surface area contributed by atoms with E-state index in [1.165, 1.54) is 5.56 Å². The van der Waals surface area contributed by atoms with Gasteiger partial charge in [-0.3, -0.25) is 5.32 Å². The van der Waals surface area contributed by atoms with Crippen LogP contribution in [0, 0.1) is 19.3 Å². The Bertz CT molecular complexity index is 350. The van der Waals surface area contributed by atoms with Crippen molar-refractivity contribution < 1.29 is 4.74 Å². The highest BCUT2D eigenvalue weighted by Crippen LogP contribution is 2.11. The van der Waals surface area contributed by atoms with E-state index >= 15 is 0 Å². The zero-order chi connectivity index (χ0) is 12.0. The summed E-state index contributed by atoms with van der Waals surface area (Å²) in [5.74, 6) is 3.53. The van der Waals surface area contributed by atoms with E-state index in [-0.39, 0.29) is 12.1 Å². The minimum atomic E-state index is 0.0802. The second-order valence-electron chi connectivity index (χ2n) is 4.08. The summed E-state index contributed by atoms with van der Waals surface area (Å²) in [6, 6.07) is 8.36. The molecule has 2 unspecified atom stereocenters. The third kappa shape index (κ3) is 4.37. The molecule has 16 heavy (non-hydrogen) atoms. The summed E-state index contributed by atoms with van der Waals surface area (Å²) >= 11 is 0. The average Bonchev–Trinajstić information content (AvgIpc) is 2.28. The molecule has 2 heteroatoms. The first-order valence-electron chi connectivity index (χ1n) is 5.53. The van der Waals surface area contributed by atoms with Crippen LogP contribution in [0.1, 0.15) is 19.4 Å². The van der Waals surface area contributed by atoms with Gasteiger partial charge in [0.15, 0.2) is 0 Å². The van der Waals surface area contributed by atoms with Crippen LogP contribution in [0.2, 0.25) is 0 Å².